The molecule has 7 nitrogen and oxygen atoms in total. The van der Waals surface area contributed by atoms with E-state index in [-0.39, 0.29) is 5.56 Å². The van der Waals surface area contributed by atoms with Crippen molar-refractivity contribution in [1.29, 1.82) is 0 Å². The zero-order valence-corrected chi connectivity index (χ0v) is 19.8. The fraction of sp³-hybridized carbons (Fsp3) is 0.308. The zero-order chi connectivity index (χ0) is 24.8. The first-order valence-corrected chi connectivity index (χ1v) is 11.4. The van der Waals surface area contributed by atoms with Crippen molar-refractivity contribution in [3.63, 3.8) is 0 Å². The number of methoxy groups -OCH3 is 2. The molecule has 1 aliphatic heterocycles. The first kappa shape index (κ1) is 24.4. The molecule has 2 heterocycles. The number of halogens is 2. The van der Waals surface area contributed by atoms with Crippen LogP contribution in [0.25, 0.3) is 0 Å². The fourth-order valence-corrected chi connectivity index (χ4v) is 4.12. The number of nitrogens with one attached hydrogen (secondary N) is 1. The van der Waals surface area contributed by atoms with Crippen LogP contribution in [0.1, 0.15) is 22.3 Å². The molecular formula is C26H28F2N4O3. The summed E-state index contributed by atoms with van der Waals surface area (Å²) in [5, 5.41) is 2.60. The number of amides is 1. The molecule has 184 valence electrons. The van der Waals surface area contributed by atoms with Crippen LogP contribution in [-0.2, 0) is 6.54 Å². The van der Waals surface area contributed by atoms with Crippen molar-refractivity contribution in [2.75, 3.05) is 50.6 Å². The average Bonchev–Trinajstić information content (AvgIpc) is 3.10. The highest BCUT2D eigenvalue weighted by molar-refractivity contribution is 6.04. The lowest BCUT2D eigenvalue weighted by Gasteiger charge is -2.23. The Morgan fingerprint density at radius 3 is 2.57 bits per heavy atom. The quantitative estimate of drug-likeness (QED) is 0.541. The van der Waals surface area contributed by atoms with E-state index in [1.807, 2.05) is 24.3 Å². The third kappa shape index (κ3) is 6.05. The van der Waals surface area contributed by atoms with E-state index in [1.54, 1.807) is 26.5 Å². The number of aromatic nitrogens is 1. The highest BCUT2D eigenvalue weighted by Crippen LogP contribution is 2.26. The number of carbonyl (C=O) groups is 1. The summed E-state index contributed by atoms with van der Waals surface area (Å²) in [7, 11) is 3.32. The molecule has 0 bridgehead atoms. The van der Waals surface area contributed by atoms with Gasteiger partial charge in [0, 0.05) is 44.4 Å². The van der Waals surface area contributed by atoms with Gasteiger partial charge >= 0.3 is 0 Å². The molecule has 1 saturated heterocycles. The molecule has 0 atom stereocenters. The Labute approximate surface area is 203 Å². The van der Waals surface area contributed by atoms with Crippen molar-refractivity contribution in [1.82, 2.24) is 9.88 Å². The number of anilines is 2. The van der Waals surface area contributed by atoms with Crippen LogP contribution in [-0.4, -0.2) is 56.2 Å². The SMILES string of the molecule is COc1ccc(OC)c(CN2CCCN(c3ccc(NC(=O)c4ccc(F)cc4F)cn3)CC2)c1. The minimum absolute atomic E-state index is 0.226. The van der Waals surface area contributed by atoms with Crippen LogP contribution in [0.4, 0.5) is 20.3 Å². The molecule has 0 spiro atoms. The number of ether oxygens (including phenoxy) is 2. The van der Waals surface area contributed by atoms with Gasteiger partial charge in [0.2, 0.25) is 0 Å². The second-order valence-corrected chi connectivity index (χ2v) is 8.28. The molecule has 0 aliphatic carbocycles. The molecule has 1 aliphatic rings. The van der Waals surface area contributed by atoms with Crippen LogP contribution >= 0.6 is 0 Å². The van der Waals surface area contributed by atoms with Crippen molar-refractivity contribution in [3.05, 3.63) is 77.5 Å². The summed E-state index contributed by atoms with van der Waals surface area (Å²) in [6.07, 6.45) is 2.51. The van der Waals surface area contributed by atoms with Gasteiger partial charge in [-0.15, -0.1) is 0 Å². The third-order valence-corrected chi connectivity index (χ3v) is 5.98. The summed E-state index contributed by atoms with van der Waals surface area (Å²) in [6.45, 7) is 4.20. The molecule has 4 rings (SSSR count). The molecule has 0 unspecified atom stereocenters. The monoisotopic (exact) mass is 482 g/mol. The van der Waals surface area contributed by atoms with Gasteiger partial charge in [-0.1, -0.05) is 0 Å². The van der Waals surface area contributed by atoms with E-state index in [0.29, 0.717) is 11.8 Å². The summed E-state index contributed by atoms with van der Waals surface area (Å²) in [6, 6.07) is 12.2. The smallest absolute Gasteiger partial charge is 0.258 e. The number of nitrogens with zero attached hydrogens (tertiary/aromatic N) is 3. The van der Waals surface area contributed by atoms with E-state index in [2.05, 4.69) is 20.1 Å². The summed E-state index contributed by atoms with van der Waals surface area (Å²) < 4.78 is 37.8. The molecule has 1 fully saturated rings. The number of carbonyl (C=O) groups excluding carboxylic acids is 1. The lowest BCUT2D eigenvalue weighted by atomic mass is 10.1. The highest BCUT2D eigenvalue weighted by Gasteiger charge is 2.18. The van der Waals surface area contributed by atoms with Crippen LogP contribution < -0.4 is 19.7 Å². The average molecular weight is 483 g/mol. The first-order valence-electron chi connectivity index (χ1n) is 11.4. The normalized spacial score (nSPS) is 14.3. The molecule has 3 aromatic rings. The van der Waals surface area contributed by atoms with Crippen LogP contribution in [0.2, 0.25) is 0 Å². The Morgan fingerprint density at radius 2 is 1.86 bits per heavy atom. The lowest BCUT2D eigenvalue weighted by molar-refractivity contribution is 0.102. The number of benzene rings is 2. The van der Waals surface area contributed by atoms with Gasteiger partial charge in [-0.05, 0) is 48.9 Å². The second kappa shape index (κ2) is 11.1. The fourth-order valence-electron chi connectivity index (χ4n) is 4.12. The van der Waals surface area contributed by atoms with E-state index < -0.39 is 17.5 Å². The van der Waals surface area contributed by atoms with Gasteiger partial charge in [0.15, 0.2) is 0 Å². The Balaban J connectivity index is 1.36. The van der Waals surface area contributed by atoms with Crippen molar-refractivity contribution in [3.8, 4) is 11.5 Å². The summed E-state index contributed by atoms with van der Waals surface area (Å²) in [4.78, 5) is 21.4. The Morgan fingerprint density at radius 1 is 1.00 bits per heavy atom. The number of hydrogen-bond acceptors (Lipinski definition) is 6. The molecule has 1 N–H and O–H groups in total. The maximum absolute atomic E-state index is 13.9. The Hall–Kier alpha value is -3.72. The third-order valence-electron chi connectivity index (χ3n) is 5.98. The van der Waals surface area contributed by atoms with Gasteiger partial charge in [-0.25, -0.2) is 13.8 Å². The maximum atomic E-state index is 13.9. The van der Waals surface area contributed by atoms with Gasteiger partial charge in [0.05, 0.1) is 31.7 Å². The number of rotatable bonds is 7. The number of pyridine rings is 1. The predicted octanol–water partition coefficient (Wildman–Crippen LogP) is 4.34. The number of hydrogen-bond donors (Lipinski definition) is 1. The minimum Gasteiger partial charge on any atom is -0.497 e. The van der Waals surface area contributed by atoms with Crippen LogP contribution in [0, 0.1) is 11.6 Å². The molecule has 0 radical (unpaired) electrons. The summed E-state index contributed by atoms with van der Waals surface area (Å²) in [5.74, 6) is 0.145. The van der Waals surface area contributed by atoms with E-state index in [9.17, 15) is 13.6 Å². The van der Waals surface area contributed by atoms with Crippen molar-refractivity contribution >= 4 is 17.4 Å². The van der Waals surface area contributed by atoms with Crippen LogP contribution in [0.3, 0.4) is 0 Å². The standard InChI is InChI=1S/C26H28F2N4O3/c1-34-21-6-8-24(35-2)18(14-21)17-31-10-3-11-32(13-12-31)25-9-5-20(16-29-25)30-26(33)22-7-4-19(27)15-23(22)28/h4-9,14-16H,3,10-13,17H2,1-2H3,(H,30,33). The Bertz CT molecular complexity index is 1170. The summed E-state index contributed by atoms with van der Waals surface area (Å²) in [5.41, 5.74) is 1.29. The van der Waals surface area contributed by atoms with Gasteiger partial charge in [-0.2, -0.15) is 0 Å². The van der Waals surface area contributed by atoms with E-state index >= 15 is 0 Å². The van der Waals surface area contributed by atoms with Crippen molar-refractivity contribution in [2.24, 2.45) is 0 Å². The van der Waals surface area contributed by atoms with E-state index in [0.717, 1.165) is 74.2 Å². The van der Waals surface area contributed by atoms with Crippen molar-refractivity contribution in [2.45, 2.75) is 13.0 Å². The maximum Gasteiger partial charge on any atom is 0.258 e. The lowest BCUT2D eigenvalue weighted by Crippen LogP contribution is -2.31. The second-order valence-electron chi connectivity index (χ2n) is 8.28. The van der Waals surface area contributed by atoms with E-state index in [4.69, 9.17) is 9.47 Å². The molecular weight excluding hydrogens is 454 g/mol. The molecule has 9 heteroatoms. The van der Waals surface area contributed by atoms with Gasteiger partial charge in [0.25, 0.3) is 5.91 Å². The molecule has 0 saturated carbocycles. The highest BCUT2D eigenvalue weighted by atomic mass is 19.1. The zero-order valence-electron chi connectivity index (χ0n) is 19.8. The van der Waals surface area contributed by atoms with Crippen LogP contribution in [0.15, 0.2) is 54.7 Å². The predicted molar refractivity (Wildman–Crippen MR) is 130 cm³/mol. The van der Waals surface area contributed by atoms with Gasteiger partial charge in [-0.3, -0.25) is 9.69 Å². The first-order chi connectivity index (χ1) is 17.0. The molecule has 1 amide bonds. The van der Waals surface area contributed by atoms with Gasteiger partial charge < -0.3 is 19.7 Å². The minimum atomic E-state index is -0.909. The molecule has 35 heavy (non-hydrogen) atoms. The van der Waals surface area contributed by atoms with Gasteiger partial charge in [0.1, 0.15) is 29.0 Å². The summed E-state index contributed by atoms with van der Waals surface area (Å²) >= 11 is 0. The molecule has 1 aromatic heterocycles. The topological polar surface area (TPSA) is 66.9 Å². The largest absolute Gasteiger partial charge is 0.497 e. The van der Waals surface area contributed by atoms with Crippen LogP contribution in [0.5, 0.6) is 11.5 Å². The van der Waals surface area contributed by atoms with E-state index in [1.165, 1.54) is 0 Å². The van der Waals surface area contributed by atoms with Crippen molar-refractivity contribution < 1.29 is 23.0 Å². The molecule has 2 aromatic carbocycles. The Kier molecular flexibility index (Phi) is 7.77.